The summed E-state index contributed by atoms with van der Waals surface area (Å²) in [5.74, 6) is 2.28. The lowest BCUT2D eigenvalue weighted by atomic mass is 9.93. The zero-order valence-electron chi connectivity index (χ0n) is 8.43. The number of oxime groups is 1. The summed E-state index contributed by atoms with van der Waals surface area (Å²) >= 11 is 0. The van der Waals surface area contributed by atoms with Crippen LogP contribution >= 0.6 is 0 Å². The molecule has 0 amide bonds. The Bertz CT molecular complexity index is 213. The molecule has 0 saturated heterocycles. The average molecular weight is 199 g/mol. The summed E-state index contributed by atoms with van der Waals surface area (Å²) in [5, 5.41) is 12.3. The van der Waals surface area contributed by atoms with Crippen molar-refractivity contribution in [1.29, 1.82) is 0 Å². The van der Waals surface area contributed by atoms with Crippen molar-refractivity contribution in [2.24, 2.45) is 5.16 Å². The minimum atomic E-state index is 0.751. The largest absolute Gasteiger partial charge is 0.411 e. The van der Waals surface area contributed by atoms with E-state index >= 15 is 0 Å². The molecule has 76 valence electrons. The molecule has 0 aromatic heterocycles. The number of hydrogen-bond acceptors (Lipinski definition) is 2. The van der Waals surface area contributed by atoms with E-state index in [1.165, 1.54) is 5.92 Å². The van der Waals surface area contributed by atoms with Crippen LogP contribution in [0.15, 0.2) is 5.16 Å². The van der Waals surface area contributed by atoms with Gasteiger partial charge in [0.05, 0.1) is 5.71 Å². The molecule has 10 radical (unpaired) electrons. The van der Waals surface area contributed by atoms with Crippen LogP contribution in [0.1, 0.15) is 12.8 Å². The van der Waals surface area contributed by atoms with Gasteiger partial charge in [0.1, 0.15) is 0 Å². The minimum Gasteiger partial charge on any atom is -0.411 e. The van der Waals surface area contributed by atoms with E-state index in [-0.39, 0.29) is 0 Å². The fraction of sp³-hybridized carbons (Fsp3) is 0.154. The van der Waals surface area contributed by atoms with Crippen LogP contribution in [0, 0.1) is 63.2 Å². The summed E-state index contributed by atoms with van der Waals surface area (Å²) in [6, 6.07) is 0. The van der Waals surface area contributed by atoms with Gasteiger partial charge in [0.15, 0.2) is 0 Å². The Balaban J connectivity index is 1.75. The van der Waals surface area contributed by atoms with E-state index in [9.17, 15) is 0 Å². The Hall–Kier alpha value is -0.530. The molecule has 0 aliphatic heterocycles. The summed E-state index contributed by atoms with van der Waals surface area (Å²) in [5.41, 5.74) is 0.751. The lowest BCUT2D eigenvalue weighted by molar-refractivity contribution is 0.317. The first-order valence-corrected chi connectivity index (χ1v) is 5.04. The van der Waals surface area contributed by atoms with Gasteiger partial charge in [-0.05, 0) is 70.1 Å². The Morgan fingerprint density at radius 3 is 2.20 bits per heavy atom. The molecule has 2 aliphatic carbocycles. The fourth-order valence-electron chi connectivity index (χ4n) is 1.66. The summed E-state index contributed by atoms with van der Waals surface area (Å²) in [4.78, 5) is 0. The second-order valence-corrected chi connectivity index (χ2v) is 3.51. The highest BCUT2D eigenvalue weighted by atomic mass is 16.4. The van der Waals surface area contributed by atoms with Crippen molar-refractivity contribution in [1.82, 2.24) is 0 Å². The van der Waals surface area contributed by atoms with Crippen molar-refractivity contribution in [2.45, 2.75) is 12.8 Å². The van der Waals surface area contributed by atoms with Crippen LogP contribution in [-0.2, 0) is 0 Å². The predicted octanol–water partition coefficient (Wildman–Crippen LogP) is 2.41. The molecule has 0 unspecified atom stereocenters. The third-order valence-corrected chi connectivity index (χ3v) is 2.50. The molecule has 0 bridgehead atoms. The van der Waals surface area contributed by atoms with Gasteiger partial charge in [-0.15, -0.1) is 0 Å². The lowest BCUT2D eigenvalue weighted by Gasteiger charge is -2.12. The zero-order chi connectivity index (χ0) is 10.5. The van der Waals surface area contributed by atoms with Gasteiger partial charge in [0.2, 0.25) is 0 Å². The van der Waals surface area contributed by atoms with Crippen molar-refractivity contribution in [3.8, 4) is 0 Å². The summed E-state index contributed by atoms with van der Waals surface area (Å²) in [7, 11) is 0. The first kappa shape index (κ1) is 11.0. The lowest BCUT2D eigenvalue weighted by Crippen LogP contribution is -2.11. The molecule has 0 aromatic rings. The molecule has 2 rings (SSSR count). The molecule has 1 N–H and O–H groups in total. The van der Waals surface area contributed by atoms with E-state index in [1.54, 1.807) is 0 Å². The van der Waals surface area contributed by atoms with E-state index in [4.69, 9.17) is 5.21 Å². The molecule has 2 fully saturated rings. The molecule has 2 aliphatic rings. The number of rotatable bonds is 4. The molecule has 15 heavy (non-hydrogen) atoms. The SMILES string of the molecule is O/N=C(\CC[C]1[CH][CH][CH][CH]1)[C]1[CH][CH][CH][CH]1. The van der Waals surface area contributed by atoms with Crippen molar-refractivity contribution in [2.75, 3.05) is 0 Å². The normalized spacial score (nSPS) is 25.2. The zero-order valence-corrected chi connectivity index (χ0v) is 8.43. The molecule has 2 nitrogen and oxygen atoms in total. The van der Waals surface area contributed by atoms with Crippen LogP contribution < -0.4 is 0 Å². The topological polar surface area (TPSA) is 32.6 Å². The van der Waals surface area contributed by atoms with Gasteiger partial charge in [0, 0.05) is 5.92 Å². The van der Waals surface area contributed by atoms with Crippen molar-refractivity contribution < 1.29 is 5.21 Å². The Kier molecular flexibility index (Phi) is 4.04. The third-order valence-electron chi connectivity index (χ3n) is 2.50. The Morgan fingerprint density at radius 1 is 1.00 bits per heavy atom. The fourth-order valence-corrected chi connectivity index (χ4v) is 1.66. The maximum absolute atomic E-state index is 8.91. The minimum absolute atomic E-state index is 0.751. The van der Waals surface area contributed by atoms with Gasteiger partial charge in [0.25, 0.3) is 0 Å². The maximum atomic E-state index is 8.91. The highest BCUT2D eigenvalue weighted by Crippen LogP contribution is 2.31. The molecule has 0 heterocycles. The van der Waals surface area contributed by atoms with Crippen molar-refractivity contribution in [3.63, 3.8) is 0 Å². The van der Waals surface area contributed by atoms with E-state index in [1.807, 2.05) is 38.5 Å². The van der Waals surface area contributed by atoms with E-state index < -0.39 is 0 Å². The van der Waals surface area contributed by atoms with Crippen LogP contribution in [-0.4, -0.2) is 10.9 Å². The molecular formula is C13H13NO. The van der Waals surface area contributed by atoms with Gasteiger partial charge < -0.3 is 5.21 Å². The summed E-state index contributed by atoms with van der Waals surface area (Å²) in [6.45, 7) is 0. The van der Waals surface area contributed by atoms with Crippen LogP contribution in [0.5, 0.6) is 0 Å². The molecule has 0 spiro atoms. The monoisotopic (exact) mass is 199 g/mol. The second-order valence-electron chi connectivity index (χ2n) is 3.51. The van der Waals surface area contributed by atoms with Crippen molar-refractivity contribution >= 4 is 5.71 Å². The van der Waals surface area contributed by atoms with Crippen LogP contribution in [0.3, 0.4) is 0 Å². The number of hydrogen-bond donors (Lipinski definition) is 1. The van der Waals surface area contributed by atoms with E-state index in [0.29, 0.717) is 0 Å². The van der Waals surface area contributed by atoms with Gasteiger partial charge in [-0.3, -0.25) is 0 Å². The average Bonchev–Trinajstić information content (AvgIpc) is 2.90. The van der Waals surface area contributed by atoms with Crippen LogP contribution in [0.4, 0.5) is 0 Å². The third kappa shape index (κ3) is 2.96. The summed E-state index contributed by atoms with van der Waals surface area (Å²) in [6.07, 6.45) is 17.7. The van der Waals surface area contributed by atoms with Crippen molar-refractivity contribution in [3.05, 3.63) is 63.2 Å². The first-order valence-electron chi connectivity index (χ1n) is 5.04. The molecule has 0 atom stereocenters. The highest BCUT2D eigenvalue weighted by Gasteiger charge is 2.24. The maximum Gasteiger partial charge on any atom is 0.0648 e. The van der Waals surface area contributed by atoms with Gasteiger partial charge >= 0.3 is 0 Å². The van der Waals surface area contributed by atoms with E-state index in [0.717, 1.165) is 24.5 Å². The Labute approximate surface area is 92.8 Å². The molecule has 2 heteroatoms. The van der Waals surface area contributed by atoms with Crippen LogP contribution in [0.25, 0.3) is 0 Å². The smallest absolute Gasteiger partial charge is 0.0648 e. The van der Waals surface area contributed by atoms with Gasteiger partial charge in [-0.1, -0.05) is 5.16 Å². The molecule has 2 saturated carbocycles. The predicted molar refractivity (Wildman–Crippen MR) is 59.3 cm³/mol. The molecular weight excluding hydrogens is 186 g/mol. The number of nitrogens with zero attached hydrogens (tertiary/aromatic N) is 1. The second kappa shape index (κ2) is 5.53. The first-order chi connectivity index (χ1) is 7.40. The quantitative estimate of drug-likeness (QED) is 0.421. The Morgan fingerprint density at radius 2 is 1.60 bits per heavy atom. The molecule has 0 aromatic carbocycles. The van der Waals surface area contributed by atoms with Gasteiger partial charge in [-0.2, -0.15) is 0 Å². The van der Waals surface area contributed by atoms with E-state index in [2.05, 4.69) is 18.0 Å². The van der Waals surface area contributed by atoms with Gasteiger partial charge in [-0.25, -0.2) is 0 Å². The summed E-state index contributed by atoms with van der Waals surface area (Å²) < 4.78 is 0. The van der Waals surface area contributed by atoms with Crippen LogP contribution in [0.2, 0.25) is 0 Å². The highest BCUT2D eigenvalue weighted by molar-refractivity contribution is 6.01. The standard InChI is InChI=1S/C13H13NO/c15-14-13(12-7-3-4-8-12)10-9-11-5-1-2-6-11/h1-8,15H,9-10H2/b14-13+.